The summed E-state index contributed by atoms with van der Waals surface area (Å²) in [5.74, 6) is -0.488. The maximum atomic E-state index is 13.8. The molecule has 5 heterocycles. The first kappa shape index (κ1) is 81.4. The Morgan fingerprint density at radius 3 is 1.32 bits per heavy atom. The van der Waals surface area contributed by atoms with Crippen LogP contribution in [0.3, 0.4) is 0 Å². The number of hydrogen-bond donors (Lipinski definition) is 0. The fourth-order valence-electron chi connectivity index (χ4n) is 10.0. The van der Waals surface area contributed by atoms with Crippen LogP contribution in [0.25, 0.3) is 88.6 Å². The molecule has 0 saturated heterocycles. The first-order valence-corrected chi connectivity index (χ1v) is 30.3. The summed E-state index contributed by atoms with van der Waals surface area (Å²) < 4.78 is 65.6. The molecule has 0 unspecified atom stereocenters. The zero-order chi connectivity index (χ0) is 64.3. The van der Waals surface area contributed by atoms with Crippen molar-refractivity contribution >= 4 is 38.0 Å². The molecular formula is C80H68F5Ir5N6-5. The smallest absolute Gasteiger partial charge is 0.378 e. The molecule has 5 radical (unpaired) electrons. The molecule has 0 aliphatic carbocycles. The molecule has 0 aliphatic rings. The van der Waals surface area contributed by atoms with Crippen molar-refractivity contribution in [3.63, 3.8) is 0 Å². The Morgan fingerprint density at radius 1 is 0.354 bits per heavy atom. The average Bonchev–Trinajstić information content (AvgIpc) is 0.820. The van der Waals surface area contributed by atoms with E-state index in [2.05, 4.69) is 148 Å². The van der Waals surface area contributed by atoms with Crippen molar-refractivity contribution in [1.82, 2.24) is 24.9 Å². The van der Waals surface area contributed by atoms with E-state index in [-0.39, 0.29) is 112 Å². The number of halogens is 5. The Hall–Kier alpha value is -7.01. The summed E-state index contributed by atoms with van der Waals surface area (Å²) in [4.78, 5) is 23.7. The molecule has 0 fully saturated rings. The van der Waals surface area contributed by atoms with Gasteiger partial charge in [0.25, 0.3) is 0 Å². The Kier molecular flexibility index (Phi) is 33.9. The van der Waals surface area contributed by atoms with Crippen LogP contribution in [0, 0.1) is 42.0 Å². The maximum Gasteiger partial charge on any atom is 0.399 e. The van der Waals surface area contributed by atoms with Gasteiger partial charge in [-0.2, -0.15) is 13.2 Å². The maximum absolute atomic E-state index is 13.8. The number of nitrogens with zero attached hydrogens (tertiary/aromatic N) is 6. The van der Waals surface area contributed by atoms with Crippen LogP contribution < -0.4 is 4.90 Å². The van der Waals surface area contributed by atoms with Crippen molar-refractivity contribution in [3.05, 3.63) is 300 Å². The van der Waals surface area contributed by atoms with E-state index in [1.807, 2.05) is 112 Å². The van der Waals surface area contributed by atoms with Gasteiger partial charge in [0.05, 0.1) is 6.20 Å². The molecule has 0 atom stereocenters. The summed E-state index contributed by atoms with van der Waals surface area (Å²) in [7, 11) is 4.07. The number of rotatable bonds is 11. The largest absolute Gasteiger partial charge is 0.399 e. The Balaban J connectivity index is 0.000000252. The average molecular weight is 2170 g/mol. The van der Waals surface area contributed by atoms with Gasteiger partial charge in [-0.1, -0.05) is 131 Å². The standard InChI is InChI=1S/2C17H13FN.C17H14N.C15H17N2.C14H11F3N.5Ir/c1-2-12-6-5-7-13(10-12)17-15-9-4-3-8-14(15)16(18)11-19-17;1-2-12-11-14(7-8-16(12)18)17-15-6-4-3-5-13(15)9-10-19-17;1-2-13-6-5-8-15(12-13)17-16-9-4-3-7-14(16)10-11-18-17;1-4-12-6-5-7-13(10-12)15-11-14(17(2)3)8-9-16-15;1-2-10-7-11(13-5-3-4-6-18-13)9-12(8-10)14(15,16)17;;;;;/h3-9,11H,2H2,1H3;3-10H,2H2,1H3;3-11H,2H2,1H3;5-9,11H,4H2,1-3H3;3-6,8-9H,2H2,1H3;;;;;/q5*-1;;;;;. The summed E-state index contributed by atoms with van der Waals surface area (Å²) in [5.41, 5.74) is 13.6. The molecule has 13 aromatic rings. The van der Waals surface area contributed by atoms with Gasteiger partial charge in [0.2, 0.25) is 0 Å². The second kappa shape index (κ2) is 40.0. The molecule has 6 nitrogen and oxygen atoms in total. The Labute approximate surface area is 628 Å². The Morgan fingerprint density at radius 2 is 0.812 bits per heavy atom. The first-order valence-electron chi connectivity index (χ1n) is 30.3. The van der Waals surface area contributed by atoms with Gasteiger partial charge in [0, 0.05) is 156 Å². The molecule has 0 bridgehead atoms. The second-order valence-corrected chi connectivity index (χ2v) is 21.3. The van der Waals surface area contributed by atoms with E-state index in [1.165, 1.54) is 34.2 Å². The molecule has 0 aliphatic heterocycles. The summed E-state index contributed by atoms with van der Waals surface area (Å²) >= 11 is 0. The van der Waals surface area contributed by atoms with E-state index in [1.54, 1.807) is 49.6 Å². The van der Waals surface area contributed by atoms with Crippen LogP contribution in [0.5, 0.6) is 0 Å². The van der Waals surface area contributed by atoms with Gasteiger partial charge < -0.3 is 29.8 Å². The number of benzene rings is 8. The van der Waals surface area contributed by atoms with E-state index >= 15 is 0 Å². The van der Waals surface area contributed by atoms with Gasteiger partial charge in [0.1, 0.15) is 5.82 Å². The number of aryl methyl sites for hydroxylation is 5. The van der Waals surface area contributed by atoms with Crippen molar-refractivity contribution in [2.24, 2.45) is 0 Å². The normalized spacial score (nSPS) is 10.3. The monoisotopic (exact) mass is 2170 g/mol. The molecule has 16 heteroatoms. The minimum absolute atomic E-state index is 0. The molecule has 0 saturated carbocycles. The van der Waals surface area contributed by atoms with Crippen LogP contribution in [0.4, 0.5) is 27.6 Å². The van der Waals surface area contributed by atoms with E-state index < -0.39 is 11.7 Å². The van der Waals surface area contributed by atoms with E-state index in [9.17, 15) is 22.0 Å². The Bertz CT molecular complexity index is 4550. The third kappa shape index (κ3) is 21.7. The quantitative estimate of drug-likeness (QED) is 0.0950. The molecular weight excluding hydrogens is 2100 g/mol. The van der Waals surface area contributed by atoms with E-state index in [4.69, 9.17) is 0 Å². The van der Waals surface area contributed by atoms with Crippen LogP contribution in [-0.4, -0.2) is 39.0 Å². The van der Waals surface area contributed by atoms with Gasteiger partial charge >= 0.3 is 6.18 Å². The van der Waals surface area contributed by atoms with Gasteiger partial charge in [-0.05, 0) is 117 Å². The van der Waals surface area contributed by atoms with E-state index in [0.29, 0.717) is 40.6 Å². The zero-order valence-electron chi connectivity index (χ0n) is 53.6. The van der Waals surface area contributed by atoms with Crippen LogP contribution in [0.2, 0.25) is 0 Å². The summed E-state index contributed by atoms with van der Waals surface area (Å²) in [6.07, 6.45) is 8.03. The van der Waals surface area contributed by atoms with Gasteiger partial charge in [0.15, 0.2) is 0 Å². The fraction of sp³-hybridized carbons (Fsp3) is 0.163. The predicted molar refractivity (Wildman–Crippen MR) is 361 cm³/mol. The zero-order valence-corrected chi connectivity index (χ0v) is 65.6. The topological polar surface area (TPSA) is 67.7 Å². The predicted octanol–water partition coefficient (Wildman–Crippen LogP) is 20.4. The number of hydrogen-bond acceptors (Lipinski definition) is 6. The van der Waals surface area contributed by atoms with Gasteiger partial charge in [-0.15, -0.1) is 159 Å². The van der Waals surface area contributed by atoms with Gasteiger partial charge in [-0.3, -0.25) is 4.39 Å². The van der Waals surface area contributed by atoms with Crippen molar-refractivity contribution in [3.8, 4) is 56.3 Å². The molecule has 0 spiro atoms. The summed E-state index contributed by atoms with van der Waals surface area (Å²) in [6, 6.07) is 77.2. The third-order valence-corrected chi connectivity index (χ3v) is 15.0. The molecule has 13 rings (SSSR count). The van der Waals surface area contributed by atoms with Crippen molar-refractivity contribution < 1.29 is 122 Å². The number of aromatic nitrogens is 5. The second-order valence-electron chi connectivity index (χ2n) is 21.3. The van der Waals surface area contributed by atoms with Crippen LogP contribution in [-0.2, 0) is 139 Å². The van der Waals surface area contributed by atoms with Crippen LogP contribution in [0.15, 0.2) is 225 Å². The molecule has 96 heavy (non-hydrogen) atoms. The van der Waals surface area contributed by atoms with E-state index in [0.717, 1.165) is 104 Å². The SMILES string of the molecule is CCc1[c-]c(-c2cc(N(C)C)ccn2)ccc1.CCc1[c-]c(-c2ccccn2)cc(C(F)(F)F)c1.CCc1[c-]c(-c2ncc(F)c3ccccc23)ccc1.CCc1[c-]c(-c2nccc3ccccc23)ccc1.CCc1[c-]c(-c2nccc3ccccc23)ccc1F.[Ir].[Ir].[Ir].[Ir].[Ir]. The number of pyridine rings is 5. The molecule has 503 valence electrons. The van der Waals surface area contributed by atoms with Gasteiger partial charge in [-0.25, -0.2) is 4.39 Å². The number of anilines is 1. The van der Waals surface area contributed by atoms with Crippen molar-refractivity contribution in [2.45, 2.75) is 72.9 Å². The summed E-state index contributed by atoms with van der Waals surface area (Å²) in [6.45, 7) is 10.1. The number of alkyl halides is 3. The molecule has 5 aromatic heterocycles. The number of fused-ring (bicyclic) bond motifs is 3. The van der Waals surface area contributed by atoms with Crippen LogP contribution in [0.1, 0.15) is 68.0 Å². The van der Waals surface area contributed by atoms with Crippen LogP contribution >= 0.6 is 0 Å². The molecule has 8 aromatic carbocycles. The minimum Gasteiger partial charge on any atom is -0.378 e. The van der Waals surface area contributed by atoms with Crippen molar-refractivity contribution in [1.29, 1.82) is 0 Å². The third-order valence-electron chi connectivity index (χ3n) is 15.0. The molecule has 0 amide bonds. The minimum atomic E-state index is -4.34. The first-order chi connectivity index (χ1) is 44.2. The van der Waals surface area contributed by atoms with Crippen molar-refractivity contribution in [2.75, 3.05) is 19.0 Å². The molecule has 0 N–H and O–H groups in total. The summed E-state index contributed by atoms with van der Waals surface area (Å²) in [5, 5.41) is 6.02. The fourth-order valence-corrected chi connectivity index (χ4v) is 10.0.